The van der Waals surface area contributed by atoms with Crippen LogP contribution >= 0.6 is 31.9 Å². The lowest BCUT2D eigenvalue weighted by molar-refractivity contribution is 0.336. The zero-order valence-corrected chi connectivity index (χ0v) is 16.1. The summed E-state index contributed by atoms with van der Waals surface area (Å²) in [6.45, 7) is 0. The quantitative estimate of drug-likeness (QED) is 0.416. The Morgan fingerprint density at radius 3 is 1.64 bits per heavy atom. The molecule has 0 heterocycles. The van der Waals surface area contributed by atoms with E-state index in [1.165, 1.54) is 30.4 Å². The highest BCUT2D eigenvalue weighted by Gasteiger charge is 2.21. The summed E-state index contributed by atoms with van der Waals surface area (Å²) in [7, 11) is 0. The minimum atomic E-state index is 0.682. The van der Waals surface area contributed by atoms with Gasteiger partial charge in [-0.25, -0.2) is 0 Å². The van der Waals surface area contributed by atoms with E-state index in [9.17, 15) is 0 Å². The van der Waals surface area contributed by atoms with Crippen molar-refractivity contribution < 1.29 is 0 Å². The van der Waals surface area contributed by atoms with Gasteiger partial charge in [0.05, 0.1) is 0 Å². The first kappa shape index (κ1) is 17.7. The first-order valence-electron chi connectivity index (χ1n) is 8.03. The van der Waals surface area contributed by atoms with Crippen LogP contribution in [0.5, 0.6) is 0 Å². The first-order chi connectivity index (χ1) is 10.8. The maximum Gasteiger partial charge on any atom is 0.00656 e. The highest BCUT2D eigenvalue weighted by Crippen LogP contribution is 2.28. The van der Waals surface area contributed by atoms with Crippen LogP contribution in [0.15, 0.2) is 60.7 Å². The van der Waals surface area contributed by atoms with Crippen LogP contribution in [0.4, 0.5) is 0 Å². The van der Waals surface area contributed by atoms with E-state index in [0.29, 0.717) is 5.92 Å². The summed E-state index contributed by atoms with van der Waals surface area (Å²) < 4.78 is 0. The zero-order valence-electron chi connectivity index (χ0n) is 12.9. The summed E-state index contributed by atoms with van der Waals surface area (Å²) in [6, 6.07) is 21.8. The third-order valence-electron chi connectivity index (χ3n) is 4.25. The summed E-state index contributed by atoms with van der Waals surface area (Å²) >= 11 is 7.36. The Morgan fingerprint density at radius 2 is 1.18 bits per heavy atom. The van der Waals surface area contributed by atoms with Crippen molar-refractivity contribution in [1.29, 1.82) is 0 Å². The average Bonchev–Trinajstić information content (AvgIpc) is 2.58. The monoisotopic (exact) mass is 422 g/mol. The molecule has 22 heavy (non-hydrogen) atoms. The zero-order chi connectivity index (χ0) is 15.6. The van der Waals surface area contributed by atoms with Gasteiger partial charge in [0.2, 0.25) is 0 Å². The normalized spacial score (nSPS) is 13.7. The van der Waals surface area contributed by atoms with Crippen molar-refractivity contribution in [2.24, 2.45) is 11.8 Å². The van der Waals surface area contributed by atoms with Crippen molar-refractivity contribution in [3.05, 3.63) is 71.8 Å². The first-order valence-corrected chi connectivity index (χ1v) is 10.3. The lowest BCUT2D eigenvalue weighted by atomic mass is 9.81. The van der Waals surface area contributed by atoms with Gasteiger partial charge in [-0.3, -0.25) is 0 Å². The van der Waals surface area contributed by atoms with Crippen LogP contribution in [0, 0.1) is 11.8 Å². The van der Waals surface area contributed by atoms with Gasteiger partial charge < -0.3 is 0 Å². The van der Waals surface area contributed by atoms with Crippen molar-refractivity contribution in [3.8, 4) is 0 Å². The molecule has 0 nitrogen and oxygen atoms in total. The predicted octanol–water partition coefficient (Wildman–Crippen LogP) is 6.27. The second kappa shape index (κ2) is 10.2. The molecular weight excluding hydrogens is 400 g/mol. The number of hydrogen-bond donors (Lipinski definition) is 0. The van der Waals surface area contributed by atoms with Crippen LogP contribution in [-0.4, -0.2) is 10.7 Å². The number of halogens is 2. The van der Waals surface area contributed by atoms with Crippen molar-refractivity contribution in [2.75, 3.05) is 10.7 Å². The van der Waals surface area contributed by atoms with Gasteiger partial charge >= 0.3 is 0 Å². The van der Waals surface area contributed by atoms with Crippen molar-refractivity contribution in [2.45, 2.75) is 25.7 Å². The Kier molecular flexibility index (Phi) is 8.25. The van der Waals surface area contributed by atoms with Gasteiger partial charge in [0.15, 0.2) is 0 Å². The molecule has 0 saturated carbocycles. The maximum absolute atomic E-state index is 3.77. The molecule has 2 heteroatoms. The van der Waals surface area contributed by atoms with Crippen LogP contribution in [0.1, 0.15) is 24.0 Å². The highest BCUT2D eigenvalue weighted by atomic mass is 79.9. The molecule has 0 aliphatic heterocycles. The minimum Gasteiger partial charge on any atom is -0.0928 e. The molecule has 118 valence electrons. The van der Waals surface area contributed by atoms with Gasteiger partial charge in [-0.05, 0) is 48.6 Å². The minimum absolute atomic E-state index is 0.682. The fourth-order valence-corrected chi connectivity index (χ4v) is 4.11. The lowest BCUT2D eigenvalue weighted by Gasteiger charge is -2.26. The van der Waals surface area contributed by atoms with E-state index in [1.807, 2.05) is 0 Å². The van der Waals surface area contributed by atoms with Crippen LogP contribution < -0.4 is 0 Å². The highest BCUT2D eigenvalue weighted by molar-refractivity contribution is 9.09. The molecule has 0 saturated heterocycles. The molecule has 0 unspecified atom stereocenters. The molecule has 0 N–H and O–H groups in total. The number of alkyl halides is 2. The summed E-state index contributed by atoms with van der Waals surface area (Å²) in [5, 5.41) is 2.17. The van der Waals surface area contributed by atoms with Crippen molar-refractivity contribution >= 4 is 31.9 Å². The lowest BCUT2D eigenvalue weighted by Crippen LogP contribution is -2.21. The smallest absolute Gasteiger partial charge is 0.00656 e. The van der Waals surface area contributed by atoms with Gasteiger partial charge in [0, 0.05) is 10.7 Å². The summed E-state index contributed by atoms with van der Waals surface area (Å²) in [6.07, 6.45) is 4.86. The SMILES string of the molecule is BrCCC[C@H](Cc1ccccc1)[C@H](CBr)Cc1ccccc1. The van der Waals surface area contributed by atoms with Crippen molar-refractivity contribution in [3.63, 3.8) is 0 Å². The van der Waals surface area contributed by atoms with Gasteiger partial charge in [-0.15, -0.1) is 0 Å². The molecule has 0 spiro atoms. The van der Waals surface area contributed by atoms with Crippen LogP contribution in [0.25, 0.3) is 0 Å². The molecule has 0 amide bonds. The third kappa shape index (κ3) is 5.89. The van der Waals surface area contributed by atoms with Crippen molar-refractivity contribution in [1.82, 2.24) is 0 Å². The van der Waals surface area contributed by atoms with E-state index in [4.69, 9.17) is 0 Å². The third-order valence-corrected chi connectivity index (χ3v) is 5.65. The van der Waals surface area contributed by atoms with E-state index < -0.39 is 0 Å². The molecule has 0 bridgehead atoms. The average molecular weight is 424 g/mol. The largest absolute Gasteiger partial charge is 0.0928 e. The summed E-state index contributed by atoms with van der Waals surface area (Å²) in [4.78, 5) is 0. The molecule has 0 aliphatic rings. The molecule has 0 aliphatic carbocycles. The molecule has 2 aromatic rings. The Bertz CT molecular complexity index is 510. The van der Waals surface area contributed by atoms with Gasteiger partial charge in [0.25, 0.3) is 0 Å². The molecule has 0 radical (unpaired) electrons. The van der Waals surface area contributed by atoms with Crippen LogP contribution in [0.3, 0.4) is 0 Å². The predicted molar refractivity (Wildman–Crippen MR) is 104 cm³/mol. The standard InChI is InChI=1S/C20H24Br2/c21-13-7-12-19(14-17-8-3-1-4-9-17)20(16-22)15-18-10-5-2-6-11-18/h1-6,8-11,19-20H,7,12-16H2/t19-,20+/m1/s1. The van der Waals surface area contributed by atoms with Gasteiger partial charge in [-0.2, -0.15) is 0 Å². The van der Waals surface area contributed by atoms with E-state index >= 15 is 0 Å². The molecule has 2 rings (SSSR count). The maximum atomic E-state index is 3.77. The summed E-state index contributed by atoms with van der Waals surface area (Å²) in [5.41, 5.74) is 2.91. The van der Waals surface area contributed by atoms with E-state index in [-0.39, 0.29) is 0 Å². The van der Waals surface area contributed by atoms with E-state index in [2.05, 4.69) is 92.5 Å². The second-order valence-electron chi connectivity index (χ2n) is 5.89. The molecule has 0 fully saturated rings. The Morgan fingerprint density at radius 1 is 0.682 bits per heavy atom. The topological polar surface area (TPSA) is 0 Å². The van der Waals surface area contributed by atoms with E-state index in [0.717, 1.165) is 23.0 Å². The Balaban J connectivity index is 2.07. The molecule has 2 atom stereocenters. The van der Waals surface area contributed by atoms with Crippen LogP contribution in [-0.2, 0) is 12.8 Å². The molecule has 2 aromatic carbocycles. The fourth-order valence-electron chi connectivity index (χ4n) is 3.02. The fraction of sp³-hybridized carbons (Fsp3) is 0.400. The van der Waals surface area contributed by atoms with Gasteiger partial charge in [0.1, 0.15) is 0 Å². The number of benzene rings is 2. The van der Waals surface area contributed by atoms with E-state index in [1.54, 1.807) is 0 Å². The summed E-state index contributed by atoms with van der Waals surface area (Å²) in [5.74, 6) is 1.40. The second-order valence-corrected chi connectivity index (χ2v) is 7.33. The Hall–Kier alpha value is -0.600. The molecule has 0 aromatic heterocycles. The van der Waals surface area contributed by atoms with Gasteiger partial charge in [-0.1, -0.05) is 92.5 Å². The number of hydrogen-bond acceptors (Lipinski definition) is 0. The molecular formula is C20H24Br2. The number of rotatable bonds is 9. The van der Waals surface area contributed by atoms with Crippen LogP contribution in [0.2, 0.25) is 0 Å². The Labute approximate surface area is 151 Å².